The van der Waals surface area contributed by atoms with Crippen LogP contribution >= 0.6 is 0 Å². The maximum Gasteiger partial charge on any atom is 0.194 e. The van der Waals surface area contributed by atoms with Gasteiger partial charge in [0, 0.05) is 37.2 Å². The molecule has 0 bridgehead atoms. The van der Waals surface area contributed by atoms with E-state index in [2.05, 4.69) is 16.7 Å². The fourth-order valence-corrected chi connectivity index (χ4v) is 3.76. The zero-order valence-electron chi connectivity index (χ0n) is 15.1. The number of morpholine rings is 1. The summed E-state index contributed by atoms with van der Waals surface area (Å²) in [6, 6.07) is 16.2. The molecule has 0 N–H and O–H groups in total. The number of benzene rings is 2. The topological polar surface area (TPSA) is 46.6 Å². The van der Waals surface area contributed by atoms with Crippen molar-refractivity contribution < 1.29 is 14.3 Å². The summed E-state index contributed by atoms with van der Waals surface area (Å²) in [5.41, 5.74) is 0.161. The van der Waals surface area contributed by atoms with Gasteiger partial charge in [0.2, 0.25) is 0 Å². The van der Waals surface area contributed by atoms with Crippen molar-refractivity contribution in [3.05, 3.63) is 71.3 Å². The lowest BCUT2D eigenvalue weighted by atomic mass is 9.76. The molecule has 0 unspecified atom stereocenters. The Balaban J connectivity index is 1.67. The molecule has 2 aliphatic rings. The highest BCUT2D eigenvalue weighted by Crippen LogP contribution is 2.39. The molecular weight excluding hydrogens is 338 g/mol. The normalized spacial score (nSPS) is 18.7. The zero-order valence-corrected chi connectivity index (χ0v) is 15.1. The van der Waals surface area contributed by atoms with Crippen LogP contribution in [0.25, 0.3) is 0 Å². The standard InChI is InChI=1S/C23H21NO3/c25-21-19-10-4-5-11-20(19)22(26)23(21,18-8-2-1-3-9-18)12-6-7-13-24-14-16-27-17-15-24/h1-5,8-11H,7,13-17H2. The van der Waals surface area contributed by atoms with E-state index in [1.54, 1.807) is 24.3 Å². The largest absolute Gasteiger partial charge is 0.379 e. The maximum absolute atomic E-state index is 13.3. The molecule has 2 aromatic carbocycles. The lowest BCUT2D eigenvalue weighted by Gasteiger charge is -2.25. The molecule has 1 saturated heterocycles. The van der Waals surface area contributed by atoms with Crippen LogP contribution in [0.2, 0.25) is 0 Å². The summed E-state index contributed by atoms with van der Waals surface area (Å²) < 4.78 is 5.36. The van der Waals surface area contributed by atoms with Gasteiger partial charge in [0.15, 0.2) is 17.0 Å². The molecule has 1 aliphatic heterocycles. The van der Waals surface area contributed by atoms with Gasteiger partial charge in [-0.25, -0.2) is 0 Å². The summed E-state index contributed by atoms with van der Waals surface area (Å²) in [4.78, 5) is 28.8. The summed E-state index contributed by atoms with van der Waals surface area (Å²) >= 11 is 0. The molecule has 0 saturated carbocycles. The van der Waals surface area contributed by atoms with E-state index in [4.69, 9.17) is 4.74 Å². The molecule has 1 fully saturated rings. The minimum Gasteiger partial charge on any atom is -0.379 e. The van der Waals surface area contributed by atoms with Crippen molar-refractivity contribution in [1.82, 2.24) is 4.90 Å². The number of carbonyl (C=O) groups excluding carboxylic acids is 2. The van der Waals surface area contributed by atoms with E-state index in [-0.39, 0.29) is 11.6 Å². The van der Waals surface area contributed by atoms with Crippen LogP contribution in [0.5, 0.6) is 0 Å². The SMILES string of the molecule is O=C1c2ccccc2C(=O)C1(C#CCCN1CCOCC1)c1ccccc1. The molecule has 27 heavy (non-hydrogen) atoms. The Hall–Kier alpha value is -2.74. The number of carbonyl (C=O) groups is 2. The molecule has 4 nitrogen and oxygen atoms in total. The number of nitrogens with zero attached hydrogens (tertiary/aromatic N) is 1. The molecular formula is C23H21NO3. The van der Waals surface area contributed by atoms with E-state index in [0.29, 0.717) is 23.1 Å². The Morgan fingerprint density at radius 3 is 2.11 bits per heavy atom. The lowest BCUT2D eigenvalue weighted by molar-refractivity contribution is 0.0390. The van der Waals surface area contributed by atoms with Crippen molar-refractivity contribution >= 4 is 11.6 Å². The Morgan fingerprint density at radius 1 is 0.889 bits per heavy atom. The number of rotatable bonds is 3. The first-order valence-electron chi connectivity index (χ1n) is 9.28. The maximum atomic E-state index is 13.3. The third-order valence-electron chi connectivity index (χ3n) is 5.24. The second-order valence-electron chi connectivity index (χ2n) is 6.83. The number of fused-ring (bicyclic) bond motifs is 1. The fraction of sp³-hybridized carbons (Fsp3) is 0.304. The van der Waals surface area contributed by atoms with Gasteiger partial charge in [0.25, 0.3) is 0 Å². The monoisotopic (exact) mass is 359 g/mol. The zero-order chi connectivity index (χ0) is 18.7. The molecule has 4 heteroatoms. The van der Waals surface area contributed by atoms with Crippen LogP contribution in [0.15, 0.2) is 54.6 Å². The van der Waals surface area contributed by atoms with Crippen molar-refractivity contribution in [2.45, 2.75) is 11.8 Å². The Bertz CT molecular complexity index is 882. The van der Waals surface area contributed by atoms with Gasteiger partial charge >= 0.3 is 0 Å². The van der Waals surface area contributed by atoms with Crippen LogP contribution in [0.1, 0.15) is 32.7 Å². The van der Waals surface area contributed by atoms with E-state index in [1.807, 2.05) is 30.3 Å². The highest BCUT2D eigenvalue weighted by Gasteiger charge is 2.53. The van der Waals surface area contributed by atoms with Crippen LogP contribution in [0.3, 0.4) is 0 Å². The number of Topliss-reactive ketones (excluding diaryl/α,β-unsaturated/α-hetero) is 2. The Kier molecular flexibility index (Phi) is 4.89. The van der Waals surface area contributed by atoms with Gasteiger partial charge in [-0.3, -0.25) is 14.5 Å². The molecule has 136 valence electrons. The van der Waals surface area contributed by atoms with E-state index in [9.17, 15) is 9.59 Å². The molecule has 1 aliphatic carbocycles. The van der Waals surface area contributed by atoms with E-state index >= 15 is 0 Å². The van der Waals surface area contributed by atoms with Crippen LogP contribution in [0.4, 0.5) is 0 Å². The van der Waals surface area contributed by atoms with Crippen molar-refractivity contribution in [2.75, 3.05) is 32.8 Å². The molecule has 0 radical (unpaired) electrons. The first kappa shape index (κ1) is 17.7. The molecule has 0 spiro atoms. The summed E-state index contributed by atoms with van der Waals surface area (Å²) in [6.45, 7) is 4.10. The first-order valence-corrected chi connectivity index (χ1v) is 9.28. The molecule has 4 rings (SSSR count). The predicted octanol–water partition coefficient (Wildman–Crippen LogP) is 2.73. The molecule has 0 aromatic heterocycles. The Labute approximate surface area is 159 Å². The van der Waals surface area contributed by atoms with E-state index < -0.39 is 5.41 Å². The second kappa shape index (κ2) is 7.48. The minimum atomic E-state index is -1.42. The highest BCUT2D eigenvalue weighted by molar-refractivity contribution is 6.35. The Morgan fingerprint density at radius 2 is 1.48 bits per heavy atom. The molecule has 1 heterocycles. The van der Waals surface area contributed by atoms with Gasteiger partial charge in [0.05, 0.1) is 13.2 Å². The van der Waals surface area contributed by atoms with Gasteiger partial charge in [-0.2, -0.15) is 0 Å². The van der Waals surface area contributed by atoms with Gasteiger partial charge < -0.3 is 4.74 Å². The van der Waals surface area contributed by atoms with Gasteiger partial charge in [0.1, 0.15) is 0 Å². The highest BCUT2D eigenvalue weighted by atomic mass is 16.5. The number of hydrogen-bond acceptors (Lipinski definition) is 4. The summed E-state index contributed by atoms with van der Waals surface area (Å²) in [7, 11) is 0. The van der Waals surface area contributed by atoms with Crippen molar-refractivity contribution in [2.24, 2.45) is 0 Å². The third kappa shape index (κ3) is 3.10. The average molecular weight is 359 g/mol. The van der Waals surface area contributed by atoms with Gasteiger partial charge in [-0.05, 0) is 5.56 Å². The fourth-order valence-electron chi connectivity index (χ4n) is 3.76. The van der Waals surface area contributed by atoms with Crippen molar-refractivity contribution in [3.63, 3.8) is 0 Å². The number of ketones is 2. The van der Waals surface area contributed by atoms with Crippen molar-refractivity contribution in [3.8, 4) is 11.8 Å². The quantitative estimate of drug-likeness (QED) is 0.625. The van der Waals surface area contributed by atoms with E-state index in [1.165, 1.54) is 0 Å². The van der Waals surface area contributed by atoms with Crippen molar-refractivity contribution in [1.29, 1.82) is 0 Å². The summed E-state index contributed by atoms with van der Waals surface area (Å²) in [6.07, 6.45) is 0.617. The smallest absolute Gasteiger partial charge is 0.194 e. The van der Waals surface area contributed by atoms with Crippen LogP contribution < -0.4 is 0 Å². The van der Waals surface area contributed by atoms with Crippen LogP contribution in [-0.4, -0.2) is 49.3 Å². The summed E-state index contributed by atoms with van der Waals surface area (Å²) in [5, 5.41) is 0. The van der Waals surface area contributed by atoms with Gasteiger partial charge in [-0.15, -0.1) is 5.92 Å². The average Bonchev–Trinajstić information content (AvgIpc) is 2.95. The van der Waals surface area contributed by atoms with Crippen LogP contribution in [0, 0.1) is 11.8 Å². The lowest BCUT2D eigenvalue weighted by Crippen LogP contribution is -2.37. The summed E-state index contributed by atoms with van der Waals surface area (Å²) in [5.74, 6) is 5.80. The van der Waals surface area contributed by atoms with Gasteiger partial charge in [-0.1, -0.05) is 60.5 Å². The minimum absolute atomic E-state index is 0.215. The molecule has 2 aromatic rings. The first-order chi connectivity index (χ1) is 13.2. The van der Waals surface area contributed by atoms with Crippen LogP contribution in [-0.2, 0) is 10.2 Å². The van der Waals surface area contributed by atoms with E-state index in [0.717, 1.165) is 32.8 Å². The third-order valence-corrected chi connectivity index (χ3v) is 5.24. The molecule has 0 atom stereocenters. The molecule has 0 amide bonds. The number of ether oxygens (including phenoxy) is 1. The second-order valence-corrected chi connectivity index (χ2v) is 6.83. The number of hydrogen-bond donors (Lipinski definition) is 0. The predicted molar refractivity (Wildman–Crippen MR) is 103 cm³/mol.